The highest BCUT2D eigenvalue weighted by atomic mass is 32.1. The number of nitrogens with one attached hydrogen (secondary N) is 1. The minimum Gasteiger partial charge on any atom is -0.459 e. The molecule has 2 aromatic heterocycles. The highest BCUT2D eigenvalue weighted by molar-refractivity contribution is 7.13. The number of furan rings is 1. The van der Waals surface area contributed by atoms with E-state index in [-0.39, 0.29) is 30.1 Å². The number of likely N-dealkylation sites (tertiary alicyclic amines) is 1. The SMILES string of the molecule is O=C(Cc1csc(-c2cccc(F)c2)n1)NC1CCN(C(=O)c2ccco2)CC1. The number of amides is 2. The number of thiazole rings is 1. The molecule has 1 aliphatic heterocycles. The molecule has 1 fully saturated rings. The summed E-state index contributed by atoms with van der Waals surface area (Å²) in [7, 11) is 0. The van der Waals surface area contributed by atoms with Gasteiger partial charge in [-0.3, -0.25) is 9.59 Å². The van der Waals surface area contributed by atoms with Crippen LogP contribution >= 0.6 is 11.3 Å². The fourth-order valence-corrected chi connectivity index (χ4v) is 4.19. The van der Waals surface area contributed by atoms with Gasteiger partial charge in [0.1, 0.15) is 10.8 Å². The fraction of sp³-hybridized carbons (Fsp3) is 0.286. The summed E-state index contributed by atoms with van der Waals surface area (Å²) >= 11 is 1.39. The van der Waals surface area contributed by atoms with Gasteiger partial charge in [0.2, 0.25) is 5.91 Å². The summed E-state index contributed by atoms with van der Waals surface area (Å²) < 4.78 is 18.5. The van der Waals surface area contributed by atoms with Crippen LogP contribution in [0.4, 0.5) is 4.39 Å². The van der Waals surface area contributed by atoms with E-state index in [2.05, 4.69) is 10.3 Å². The van der Waals surface area contributed by atoms with Gasteiger partial charge in [0.15, 0.2) is 5.76 Å². The molecular weight excluding hydrogens is 393 g/mol. The Kier molecular flexibility index (Phi) is 5.71. The number of carbonyl (C=O) groups is 2. The number of piperidine rings is 1. The number of rotatable bonds is 5. The van der Waals surface area contributed by atoms with E-state index in [0.717, 1.165) is 0 Å². The second-order valence-electron chi connectivity index (χ2n) is 6.94. The van der Waals surface area contributed by atoms with E-state index in [0.29, 0.717) is 48.0 Å². The van der Waals surface area contributed by atoms with Gasteiger partial charge in [0, 0.05) is 30.1 Å². The van der Waals surface area contributed by atoms with Crippen molar-refractivity contribution in [2.45, 2.75) is 25.3 Å². The lowest BCUT2D eigenvalue weighted by molar-refractivity contribution is -0.121. The Labute approximate surface area is 171 Å². The molecule has 1 saturated heterocycles. The predicted molar refractivity (Wildman–Crippen MR) is 107 cm³/mol. The summed E-state index contributed by atoms with van der Waals surface area (Å²) in [6.45, 7) is 1.15. The zero-order valence-electron chi connectivity index (χ0n) is 15.6. The van der Waals surface area contributed by atoms with Gasteiger partial charge in [-0.25, -0.2) is 9.37 Å². The maximum Gasteiger partial charge on any atom is 0.289 e. The van der Waals surface area contributed by atoms with Crippen molar-refractivity contribution in [2.24, 2.45) is 0 Å². The van der Waals surface area contributed by atoms with Crippen molar-refractivity contribution in [1.82, 2.24) is 15.2 Å². The topological polar surface area (TPSA) is 75.4 Å². The Balaban J connectivity index is 1.27. The molecule has 6 nitrogen and oxygen atoms in total. The Morgan fingerprint density at radius 3 is 2.79 bits per heavy atom. The Morgan fingerprint density at radius 1 is 1.24 bits per heavy atom. The van der Waals surface area contributed by atoms with Crippen molar-refractivity contribution in [1.29, 1.82) is 0 Å². The van der Waals surface area contributed by atoms with Crippen molar-refractivity contribution < 1.29 is 18.4 Å². The molecule has 8 heteroatoms. The molecule has 0 bridgehead atoms. The standard InChI is InChI=1S/C21H20FN3O3S/c22-15-4-1-3-14(11-15)20-24-17(13-29-20)12-19(26)23-16-6-8-25(9-7-16)21(27)18-5-2-10-28-18/h1-5,10-11,13,16H,6-9,12H2,(H,23,26). The molecular formula is C21H20FN3O3S. The van der Waals surface area contributed by atoms with Crippen LogP contribution in [0.15, 0.2) is 52.5 Å². The lowest BCUT2D eigenvalue weighted by Gasteiger charge is -2.31. The minimum atomic E-state index is -0.311. The zero-order chi connectivity index (χ0) is 20.2. The van der Waals surface area contributed by atoms with Crippen LogP contribution in [0.25, 0.3) is 10.6 Å². The number of hydrogen-bond acceptors (Lipinski definition) is 5. The summed E-state index contributed by atoms with van der Waals surface area (Å²) in [6, 6.07) is 9.63. The molecule has 0 radical (unpaired) electrons. The van der Waals surface area contributed by atoms with Crippen molar-refractivity contribution >= 4 is 23.2 Å². The molecule has 1 N–H and O–H groups in total. The van der Waals surface area contributed by atoms with E-state index >= 15 is 0 Å². The van der Waals surface area contributed by atoms with E-state index in [1.807, 2.05) is 5.38 Å². The van der Waals surface area contributed by atoms with Gasteiger partial charge in [-0.1, -0.05) is 12.1 Å². The van der Waals surface area contributed by atoms with Gasteiger partial charge in [-0.2, -0.15) is 0 Å². The highest BCUT2D eigenvalue weighted by Gasteiger charge is 2.26. The van der Waals surface area contributed by atoms with Gasteiger partial charge in [-0.15, -0.1) is 11.3 Å². The molecule has 4 rings (SSSR count). The van der Waals surface area contributed by atoms with E-state index in [9.17, 15) is 14.0 Å². The highest BCUT2D eigenvalue weighted by Crippen LogP contribution is 2.24. The minimum absolute atomic E-state index is 0.0319. The number of carbonyl (C=O) groups excluding carboxylic acids is 2. The molecule has 0 atom stereocenters. The van der Waals surface area contributed by atoms with Crippen molar-refractivity contribution in [3.05, 3.63) is 65.3 Å². The first kappa shape index (κ1) is 19.3. The van der Waals surface area contributed by atoms with E-state index in [4.69, 9.17) is 4.42 Å². The van der Waals surface area contributed by atoms with Crippen LogP contribution in [0.3, 0.4) is 0 Å². The molecule has 0 saturated carbocycles. The molecule has 1 aromatic carbocycles. The van der Waals surface area contributed by atoms with Crippen LogP contribution in [0.1, 0.15) is 29.1 Å². The van der Waals surface area contributed by atoms with Gasteiger partial charge >= 0.3 is 0 Å². The molecule has 0 unspecified atom stereocenters. The third-order valence-electron chi connectivity index (χ3n) is 4.84. The van der Waals surface area contributed by atoms with Crippen molar-refractivity contribution in [3.8, 4) is 10.6 Å². The molecule has 2 amide bonds. The Hall–Kier alpha value is -3.00. The summed E-state index contributed by atoms with van der Waals surface area (Å²) in [4.78, 5) is 30.9. The quantitative estimate of drug-likeness (QED) is 0.695. The summed E-state index contributed by atoms with van der Waals surface area (Å²) in [5.74, 6) is -0.192. The van der Waals surface area contributed by atoms with Crippen molar-refractivity contribution in [3.63, 3.8) is 0 Å². The zero-order valence-corrected chi connectivity index (χ0v) is 16.5. The van der Waals surface area contributed by atoms with E-state index < -0.39 is 0 Å². The second kappa shape index (κ2) is 8.57. The van der Waals surface area contributed by atoms with Crippen molar-refractivity contribution in [2.75, 3.05) is 13.1 Å². The van der Waals surface area contributed by atoms with Crippen LogP contribution < -0.4 is 5.32 Å². The number of nitrogens with zero attached hydrogens (tertiary/aromatic N) is 2. The Morgan fingerprint density at radius 2 is 2.07 bits per heavy atom. The molecule has 3 heterocycles. The third kappa shape index (κ3) is 4.71. The number of aromatic nitrogens is 1. The fourth-order valence-electron chi connectivity index (χ4n) is 3.37. The predicted octanol–water partition coefficient (Wildman–Crippen LogP) is 3.51. The molecule has 29 heavy (non-hydrogen) atoms. The van der Waals surface area contributed by atoms with Crippen LogP contribution in [-0.4, -0.2) is 40.8 Å². The average Bonchev–Trinajstić information content (AvgIpc) is 3.40. The number of hydrogen-bond donors (Lipinski definition) is 1. The second-order valence-corrected chi connectivity index (χ2v) is 7.80. The monoisotopic (exact) mass is 413 g/mol. The third-order valence-corrected chi connectivity index (χ3v) is 5.78. The normalized spacial score (nSPS) is 14.7. The lowest BCUT2D eigenvalue weighted by atomic mass is 10.0. The van der Waals surface area contributed by atoms with Gasteiger partial charge in [0.25, 0.3) is 5.91 Å². The first-order valence-corrected chi connectivity index (χ1v) is 10.3. The van der Waals surface area contributed by atoms with Crippen LogP contribution in [-0.2, 0) is 11.2 Å². The van der Waals surface area contributed by atoms with E-state index in [1.165, 1.54) is 29.7 Å². The smallest absolute Gasteiger partial charge is 0.289 e. The molecule has 150 valence electrons. The van der Waals surface area contributed by atoms with Crippen LogP contribution in [0.2, 0.25) is 0 Å². The number of benzene rings is 1. The summed E-state index contributed by atoms with van der Waals surface area (Å²) in [5, 5.41) is 5.54. The Bertz CT molecular complexity index is 994. The van der Waals surface area contributed by atoms with E-state index in [1.54, 1.807) is 29.2 Å². The van der Waals surface area contributed by atoms with Gasteiger partial charge in [0.05, 0.1) is 18.4 Å². The largest absolute Gasteiger partial charge is 0.459 e. The number of halogens is 1. The molecule has 0 aliphatic carbocycles. The van der Waals surface area contributed by atoms with Gasteiger partial charge < -0.3 is 14.6 Å². The molecule has 1 aliphatic rings. The lowest BCUT2D eigenvalue weighted by Crippen LogP contribution is -2.46. The average molecular weight is 413 g/mol. The molecule has 3 aromatic rings. The summed E-state index contributed by atoms with van der Waals surface area (Å²) in [5.41, 5.74) is 1.37. The maximum atomic E-state index is 13.4. The summed E-state index contributed by atoms with van der Waals surface area (Å²) in [6.07, 6.45) is 3.06. The van der Waals surface area contributed by atoms with Crippen LogP contribution in [0, 0.1) is 5.82 Å². The van der Waals surface area contributed by atoms with Crippen LogP contribution in [0.5, 0.6) is 0 Å². The first-order chi connectivity index (χ1) is 14.1. The van der Waals surface area contributed by atoms with Gasteiger partial charge in [-0.05, 0) is 37.1 Å². The molecule has 0 spiro atoms. The first-order valence-electron chi connectivity index (χ1n) is 9.41. The maximum absolute atomic E-state index is 13.4.